The number of aliphatic hydroxyl groups excluding tert-OH is 1. The highest BCUT2D eigenvalue weighted by Gasteiger charge is 2.14. The van der Waals surface area contributed by atoms with E-state index >= 15 is 0 Å². The van der Waals surface area contributed by atoms with Crippen molar-refractivity contribution in [1.29, 1.82) is 0 Å². The molecule has 5 nitrogen and oxygen atoms in total. The van der Waals surface area contributed by atoms with E-state index in [4.69, 9.17) is 5.11 Å². The summed E-state index contributed by atoms with van der Waals surface area (Å²) in [5.74, 6) is 3.87. The molecular weight excluding hydrogens is 273 g/mol. The van der Waals surface area contributed by atoms with Crippen molar-refractivity contribution >= 4 is 11.6 Å². The number of halogens is 1. The van der Waals surface area contributed by atoms with Crippen LogP contribution in [0.4, 0.5) is 10.1 Å². The van der Waals surface area contributed by atoms with Gasteiger partial charge in [0.1, 0.15) is 12.4 Å². The molecule has 0 aliphatic heterocycles. The lowest BCUT2D eigenvalue weighted by atomic mass is 10.1. The summed E-state index contributed by atoms with van der Waals surface area (Å²) in [4.78, 5) is 12.1. The first-order chi connectivity index (χ1) is 10.0. The third-order valence-corrected chi connectivity index (χ3v) is 2.78. The zero-order chi connectivity index (χ0) is 15.4. The molecule has 2 aromatic rings. The van der Waals surface area contributed by atoms with Crippen LogP contribution in [-0.4, -0.2) is 27.4 Å². The summed E-state index contributed by atoms with van der Waals surface area (Å²) in [6, 6.07) is 3.97. The normalized spacial score (nSPS) is 9.90. The van der Waals surface area contributed by atoms with Gasteiger partial charge >= 0.3 is 0 Å². The lowest BCUT2D eigenvalue weighted by Gasteiger charge is -2.05. The summed E-state index contributed by atoms with van der Waals surface area (Å²) in [6.45, 7) is 1.45. The van der Waals surface area contributed by atoms with Crippen molar-refractivity contribution in [3.05, 3.63) is 47.0 Å². The summed E-state index contributed by atoms with van der Waals surface area (Å²) >= 11 is 0. The molecule has 2 N–H and O–H groups in total. The molecule has 1 aromatic heterocycles. The molecular formula is C15H14FN3O2. The van der Waals surface area contributed by atoms with Crippen molar-refractivity contribution in [3.8, 4) is 11.8 Å². The summed E-state index contributed by atoms with van der Waals surface area (Å²) in [7, 11) is 1.73. The van der Waals surface area contributed by atoms with E-state index in [1.807, 2.05) is 0 Å². The fourth-order valence-corrected chi connectivity index (χ4v) is 1.83. The minimum Gasteiger partial charge on any atom is -0.384 e. The summed E-state index contributed by atoms with van der Waals surface area (Å²) in [5, 5.41) is 15.4. The molecule has 6 heteroatoms. The molecule has 1 heterocycles. The Balaban J connectivity index is 2.28. The Kier molecular flexibility index (Phi) is 4.36. The Morgan fingerprint density at radius 3 is 2.90 bits per heavy atom. The van der Waals surface area contributed by atoms with Crippen LogP contribution in [0.5, 0.6) is 0 Å². The van der Waals surface area contributed by atoms with Crippen LogP contribution in [0, 0.1) is 24.6 Å². The molecule has 0 atom stereocenters. The molecule has 2 rings (SSSR count). The summed E-state index contributed by atoms with van der Waals surface area (Å²) in [6.07, 6.45) is 1.64. The number of nitrogens with one attached hydrogen (secondary N) is 1. The highest BCUT2D eigenvalue weighted by Crippen LogP contribution is 2.16. The number of aliphatic hydroxyl groups is 1. The van der Waals surface area contributed by atoms with E-state index in [1.54, 1.807) is 24.9 Å². The van der Waals surface area contributed by atoms with Crippen LogP contribution in [0.15, 0.2) is 24.4 Å². The number of aromatic nitrogens is 2. The van der Waals surface area contributed by atoms with Crippen LogP contribution in [0.25, 0.3) is 0 Å². The molecule has 0 unspecified atom stereocenters. The molecule has 0 saturated heterocycles. The van der Waals surface area contributed by atoms with Crippen LogP contribution < -0.4 is 5.32 Å². The van der Waals surface area contributed by atoms with Crippen molar-refractivity contribution in [2.24, 2.45) is 7.05 Å². The predicted molar refractivity (Wildman–Crippen MR) is 76.3 cm³/mol. The Morgan fingerprint density at radius 1 is 1.52 bits per heavy atom. The Bertz CT molecular complexity index is 741. The van der Waals surface area contributed by atoms with E-state index < -0.39 is 11.7 Å². The van der Waals surface area contributed by atoms with E-state index in [0.29, 0.717) is 16.9 Å². The molecule has 0 radical (unpaired) electrons. The van der Waals surface area contributed by atoms with Crippen LogP contribution in [0.1, 0.15) is 21.6 Å². The molecule has 1 amide bonds. The van der Waals surface area contributed by atoms with E-state index in [1.165, 1.54) is 18.2 Å². The van der Waals surface area contributed by atoms with Gasteiger partial charge in [0.2, 0.25) is 0 Å². The number of hydrogen-bond donors (Lipinski definition) is 2. The molecule has 0 aliphatic carbocycles. The van der Waals surface area contributed by atoms with Crippen LogP contribution >= 0.6 is 0 Å². The zero-order valence-corrected chi connectivity index (χ0v) is 11.6. The van der Waals surface area contributed by atoms with Gasteiger partial charge in [0, 0.05) is 18.8 Å². The number of hydrogen-bond acceptors (Lipinski definition) is 3. The average Bonchev–Trinajstić information content (AvgIpc) is 2.75. The van der Waals surface area contributed by atoms with E-state index in [0.717, 1.165) is 0 Å². The molecule has 108 valence electrons. The third-order valence-electron chi connectivity index (χ3n) is 2.78. The van der Waals surface area contributed by atoms with E-state index in [2.05, 4.69) is 22.3 Å². The van der Waals surface area contributed by atoms with Crippen LogP contribution in [0.3, 0.4) is 0 Å². The molecule has 0 saturated carbocycles. The Labute approximate surface area is 121 Å². The largest absolute Gasteiger partial charge is 0.384 e. The van der Waals surface area contributed by atoms with Crippen molar-refractivity contribution in [1.82, 2.24) is 9.78 Å². The van der Waals surface area contributed by atoms with Crippen LogP contribution in [-0.2, 0) is 7.05 Å². The summed E-state index contributed by atoms with van der Waals surface area (Å²) < 4.78 is 15.3. The number of rotatable bonds is 2. The van der Waals surface area contributed by atoms with Gasteiger partial charge in [-0.2, -0.15) is 5.10 Å². The molecule has 21 heavy (non-hydrogen) atoms. The second-order valence-electron chi connectivity index (χ2n) is 4.41. The van der Waals surface area contributed by atoms with Gasteiger partial charge in [-0.05, 0) is 25.1 Å². The molecule has 0 bridgehead atoms. The van der Waals surface area contributed by atoms with Crippen molar-refractivity contribution in [2.75, 3.05) is 11.9 Å². The Morgan fingerprint density at radius 2 is 2.29 bits per heavy atom. The highest BCUT2D eigenvalue weighted by atomic mass is 19.1. The van der Waals surface area contributed by atoms with E-state index in [9.17, 15) is 9.18 Å². The first kappa shape index (κ1) is 14.8. The second kappa shape index (κ2) is 6.20. The van der Waals surface area contributed by atoms with Crippen LogP contribution in [0.2, 0.25) is 0 Å². The lowest BCUT2D eigenvalue weighted by molar-refractivity contribution is 0.102. The third kappa shape index (κ3) is 3.46. The van der Waals surface area contributed by atoms with Gasteiger partial charge in [-0.25, -0.2) is 4.39 Å². The topological polar surface area (TPSA) is 67.2 Å². The molecule has 1 aromatic carbocycles. The average molecular weight is 287 g/mol. The maximum Gasteiger partial charge on any atom is 0.258 e. The predicted octanol–water partition coefficient (Wildman–Crippen LogP) is 1.46. The van der Waals surface area contributed by atoms with Crippen molar-refractivity contribution in [3.63, 3.8) is 0 Å². The van der Waals surface area contributed by atoms with Crippen molar-refractivity contribution < 1.29 is 14.3 Å². The minimum atomic E-state index is -0.636. The number of aryl methyl sites for hydroxylation is 2. The van der Waals surface area contributed by atoms with E-state index in [-0.39, 0.29) is 12.2 Å². The van der Waals surface area contributed by atoms with Crippen molar-refractivity contribution in [2.45, 2.75) is 6.92 Å². The number of amides is 1. The second-order valence-corrected chi connectivity index (χ2v) is 4.41. The van der Waals surface area contributed by atoms with Gasteiger partial charge < -0.3 is 10.4 Å². The first-order valence-corrected chi connectivity index (χ1v) is 6.22. The highest BCUT2D eigenvalue weighted by molar-refractivity contribution is 6.04. The van der Waals surface area contributed by atoms with Gasteiger partial charge in [0.05, 0.1) is 16.9 Å². The fourth-order valence-electron chi connectivity index (χ4n) is 1.83. The first-order valence-electron chi connectivity index (χ1n) is 6.22. The van der Waals surface area contributed by atoms with Gasteiger partial charge in [0.25, 0.3) is 5.91 Å². The zero-order valence-electron chi connectivity index (χ0n) is 11.6. The van der Waals surface area contributed by atoms with Gasteiger partial charge in [-0.1, -0.05) is 11.8 Å². The molecule has 0 fully saturated rings. The maximum absolute atomic E-state index is 13.8. The minimum absolute atomic E-state index is 0.108. The standard InChI is InChI=1S/C15H14FN3O2/c1-10-14(9-19(2)18-10)17-15(21)12-8-11(4-3-7-20)5-6-13(12)16/h5-6,8-9,20H,7H2,1-2H3,(H,17,21). The van der Waals surface area contributed by atoms with Gasteiger partial charge in [-0.3, -0.25) is 9.48 Å². The monoisotopic (exact) mass is 287 g/mol. The van der Waals surface area contributed by atoms with Gasteiger partial charge in [0.15, 0.2) is 0 Å². The smallest absolute Gasteiger partial charge is 0.258 e. The maximum atomic E-state index is 13.8. The SMILES string of the molecule is Cc1nn(C)cc1NC(=O)c1cc(C#CCO)ccc1F. The number of nitrogens with zero attached hydrogens (tertiary/aromatic N) is 2. The molecule has 0 aliphatic rings. The fraction of sp³-hybridized carbons (Fsp3) is 0.200. The number of carbonyl (C=O) groups excluding carboxylic acids is 1. The molecule has 0 spiro atoms. The number of anilines is 1. The quantitative estimate of drug-likeness (QED) is 0.822. The number of carbonyl (C=O) groups is 1. The van der Waals surface area contributed by atoms with Gasteiger partial charge in [-0.15, -0.1) is 0 Å². The number of benzene rings is 1. The Hall–Kier alpha value is -2.65. The lowest BCUT2D eigenvalue weighted by Crippen LogP contribution is -2.14. The summed E-state index contributed by atoms with van der Waals surface area (Å²) in [5.41, 5.74) is 1.51.